The van der Waals surface area contributed by atoms with E-state index >= 15 is 0 Å². The number of nitrogens with one attached hydrogen (secondary N) is 2. The van der Waals surface area contributed by atoms with E-state index in [1.54, 1.807) is 0 Å². The zero-order valence-corrected chi connectivity index (χ0v) is 7.23. The summed E-state index contributed by atoms with van der Waals surface area (Å²) >= 11 is 4.91. The number of amides is 1. The summed E-state index contributed by atoms with van der Waals surface area (Å²) in [5, 5.41) is 14.1. The Morgan fingerprint density at radius 2 is 2.58 bits per heavy atom. The predicted octanol–water partition coefficient (Wildman–Crippen LogP) is -1.09. The van der Waals surface area contributed by atoms with E-state index in [2.05, 4.69) is 10.6 Å². The van der Waals surface area contributed by atoms with Crippen LogP contribution in [-0.4, -0.2) is 42.4 Å². The molecule has 1 amide bonds. The molecule has 1 aliphatic rings. The van der Waals surface area contributed by atoms with Crippen molar-refractivity contribution < 1.29 is 9.90 Å². The average Bonchev–Trinajstić information content (AvgIpc) is 2.31. The number of carbonyl (C=O) groups excluding carboxylic acids is 1. The van der Waals surface area contributed by atoms with Gasteiger partial charge in [0.1, 0.15) is 0 Å². The lowest BCUT2D eigenvalue weighted by Crippen LogP contribution is -2.38. The quantitative estimate of drug-likeness (QED) is 0.377. The van der Waals surface area contributed by atoms with Crippen molar-refractivity contribution in [2.75, 3.05) is 6.61 Å². The minimum Gasteiger partial charge on any atom is -0.394 e. The summed E-state index contributed by atoms with van der Waals surface area (Å²) in [6.07, 6.45) is 0.596. The van der Waals surface area contributed by atoms with E-state index in [4.69, 9.17) is 25.2 Å². The van der Waals surface area contributed by atoms with Gasteiger partial charge in [0.25, 0.3) is 0 Å². The van der Waals surface area contributed by atoms with Crippen molar-refractivity contribution >= 4 is 30.9 Å². The van der Waals surface area contributed by atoms with Gasteiger partial charge in [-0.25, -0.2) is 0 Å². The number of carbonyl (C=O) groups is 1. The molecule has 0 unspecified atom stereocenters. The van der Waals surface area contributed by atoms with Crippen LogP contribution < -0.4 is 10.6 Å². The molecule has 1 fully saturated rings. The van der Waals surface area contributed by atoms with Gasteiger partial charge in [0.15, 0.2) is 5.81 Å². The first kappa shape index (κ1) is 9.47. The Morgan fingerprint density at radius 3 is 3.00 bits per heavy atom. The fourth-order valence-electron chi connectivity index (χ4n) is 1.17. The zero-order valence-electron chi connectivity index (χ0n) is 6.41. The molecule has 3 N–H and O–H groups in total. The Bertz CT molecular complexity index is 212. The Morgan fingerprint density at radius 1 is 1.92 bits per heavy atom. The third-order valence-electron chi connectivity index (χ3n) is 1.72. The van der Waals surface area contributed by atoms with E-state index < -0.39 is 5.81 Å². The highest BCUT2D eigenvalue weighted by atomic mass is 32.1. The van der Waals surface area contributed by atoms with Gasteiger partial charge in [0.05, 0.1) is 23.7 Å². The molecule has 1 saturated heterocycles. The molecule has 64 valence electrons. The van der Waals surface area contributed by atoms with Crippen LogP contribution in [0.15, 0.2) is 0 Å². The van der Waals surface area contributed by atoms with E-state index in [0.717, 1.165) is 0 Å². The standard InChI is InChI=1S/C6H9BN2O2S/c7-6(11)9-4-1-3(2-10)8-5(4)12/h3-4,10H,1-2H2,(H,8,12)(H,9,11)/t3-,4-/m0/s1. The summed E-state index contributed by atoms with van der Waals surface area (Å²) in [5.74, 6) is -0.595. The number of aliphatic hydroxyl groups excluding tert-OH is 1. The van der Waals surface area contributed by atoms with Gasteiger partial charge in [-0.2, -0.15) is 0 Å². The minimum atomic E-state index is -0.595. The highest BCUT2D eigenvalue weighted by Crippen LogP contribution is 2.08. The van der Waals surface area contributed by atoms with Gasteiger partial charge in [-0.05, 0) is 6.42 Å². The topological polar surface area (TPSA) is 61.4 Å². The lowest BCUT2D eigenvalue weighted by molar-refractivity contribution is 0.249. The normalized spacial score (nSPS) is 28.2. The first-order valence-corrected chi connectivity index (χ1v) is 4.01. The summed E-state index contributed by atoms with van der Waals surface area (Å²) in [6, 6.07) is -0.288. The Kier molecular flexibility index (Phi) is 3.05. The third-order valence-corrected chi connectivity index (χ3v) is 2.12. The lowest BCUT2D eigenvalue weighted by atomic mass is 10.1. The van der Waals surface area contributed by atoms with Crippen molar-refractivity contribution in [3.63, 3.8) is 0 Å². The number of rotatable bonds is 2. The van der Waals surface area contributed by atoms with Crippen LogP contribution in [0, 0.1) is 0 Å². The second-order valence-corrected chi connectivity index (χ2v) is 3.12. The molecule has 2 radical (unpaired) electrons. The maximum atomic E-state index is 10.5. The van der Waals surface area contributed by atoms with Crippen LogP contribution in [-0.2, 0) is 0 Å². The maximum absolute atomic E-state index is 10.5. The van der Waals surface area contributed by atoms with Crippen LogP contribution in [0.25, 0.3) is 0 Å². The highest BCUT2D eigenvalue weighted by Gasteiger charge is 2.28. The van der Waals surface area contributed by atoms with E-state index in [1.165, 1.54) is 0 Å². The van der Waals surface area contributed by atoms with Crippen LogP contribution in [0.1, 0.15) is 6.42 Å². The van der Waals surface area contributed by atoms with Crippen molar-refractivity contribution in [1.29, 1.82) is 0 Å². The summed E-state index contributed by atoms with van der Waals surface area (Å²) in [7, 11) is 4.92. The molecule has 2 atom stereocenters. The lowest BCUT2D eigenvalue weighted by Gasteiger charge is -2.08. The molecule has 4 nitrogen and oxygen atoms in total. The number of hydrogen-bond donors (Lipinski definition) is 3. The molecular formula is C6H9BN2O2S. The average molecular weight is 184 g/mol. The molecule has 0 aromatic heterocycles. The highest BCUT2D eigenvalue weighted by molar-refractivity contribution is 7.80. The fourth-order valence-corrected chi connectivity index (χ4v) is 1.49. The van der Waals surface area contributed by atoms with Crippen molar-refractivity contribution in [3.8, 4) is 0 Å². The number of aliphatic hydroxyl groups is 1. The van der Waals surface area contributed by atoms with Gasteiger partial charge in [-0.1, -0.05) is 12.2 Å². The second kappa shape index (κ2) is 3.86. The molecule has 0 saturated carbocycles. The molecule has 1 rings (SSSR count). The molecular weight excluding hydrogens is 175 g/mol. The fraction of sp³-hybridized carbons (Fsp3) is 0.667. The predicted molar refractivity (Wildman–Crippen MR) is 49.3 cm³/mol. The molecule has 6 heteroatoms. The van der Waals surface area contributed by atoms with E-state index in [-0.39, 0.29) is 18.7 Å². The second-order valence-electron chi connectivity index (χ2n) is 2.68. The van der Waals surface area contributed by atoms with Gasteiger partial charge in [0.2, 0.25) is 7.85 Å². The summed E-state index contributed by atoms with van der Waals surface area (Å²) in [6.45, 7) is 0.0110. The Labute approximate surface area is 77.1 Å². The SMILES string of the molecule is [B]C(=O)N[C@H]1C[C@@H](CO)NC1=S. The molecule has 0 aromatic carbocycles. The van der Waals surface area contributed by atoms with Crippen molar-refractivity contribution in [3.05, 3.63) is 0 Å². The largest absolute Gasteiger partial charge is 0.394 e. The Hall–Kier alpha value is -0.615. The van der Waals surface area contributed by atoms with Gasteiger partial charge >= 0.3 is 0 Å². The van der Waals surface area contributed by atoms with E-state index in [9.17, 15) is 4.79 Å². The monoisotopic (exact) mass is 184 g/mol. The summed E-state index contributed by atoms with van der Waals surface area (Å²) in [4.78, 5) is 11.0. The molecule has 0 spiro atoms. The van der Waals surface area contributed by atoms with Gasteiger partial charge in [-0.15, -0.1) is 0 Å². The summed E-state index contributed by atoms with van der Waals surface area (Å²) < 4.78 is 0. The van der Waals surface area contributed by atoms with Crippen molar-refractivity contribution in [2.45, 2.75) is 18.5 Å². The molecule has 1 heterocycles. The third kappa shape index (κ3) is 2.18. The minimum absolute atomic E-state index is 0.0110. The smallest absolute Gasteiger partial charge is 0.200 e. The van der Waals surface area contributed by atoms with Gasteiger partial charge < -0.3 is 15.7 Å². The van der Waals surface area contributed by atoms with Crippen LogP contribution in [0.2, 0.25) is 0 Å². The van der Waals surface area contributed by atoms with Crippen LogP contribution >= 0.6 is 12.2 Å². The molecule has 0 aromatic rings. The summed E-state index contributed by atoms with van der Waals surface area (Å²) in [5.41, 5.74) is 0. The molecule has 1 aliphatic heterocycles. The first-order chi connectivity index (χ1) is 5.63. The number of thiocarbonyl (C=S) groups is 1. The van der Waals surface area contributed by atoms with E-state index in [0.29, 0.717) is 11.4 Å². The molecule has 0 aliphatic carbocycles. The maximum Gasteiger partial charge on any atom is 0.200 e. The van der Waals surface area contributed by atoms with Crippen molar-refractivity contribution in [2.24, 2.45) is 0 Å². The van der Waals surface area contributed by atoms with Gasteiger partial charge in [0, 0.05) is 0 Å². The molecule has 12 heavy (non-hydrogen) atoms. The van der Waals surface area contributed by atoms with Crippen LogP contribution in [0.3, 0.4) is 0 Å². The molecule has 0 bridgehead atoms. The first-order valence-electron chi connectivity index (χ1n) is 3.60. The van der Waals surface area contributed by atoms with Crippen molar-refractivity contribution in [1.82, 2.24) is 10.6 Å². The van der Waals surface area contributed by atoms with Crippen LogP contribution in [0.4, 0.5) is 4.79 Å². The zero-order chi connectivity index (χ0) is 9.14. The number of hydrogen-bond acceptors (Lipinski definition) is 3. The Balaban J connectivity index is 2.46. The van der Waals surface area contributed by atoms with Gasteiger partial charge in [-0.3, -0.25) is 4.79 Å². The van der Waals surface area contributed by atoms with E-state index in [1.807, 2.05) is 0 Å². The van der Waals surface area contributed by atoms with Crippen LogP contribution in [0.5, 0.6) is 0 Å².